The van der Waals surface area contributed by atoms with Crippen LogP contribution in [0, 0.1) is 0 Å². The molecule has 128 valence electrons. The van der Waals surface area contributed by atoms with E-state index in [0.29, 0.717) is 36.0 Å². The molecule has 0 heterocycles. The third-order valence-electron chi connectivity index (χ3n) is 3.28. The van der Waals surface area contributed by atoms with E-state index in [4.69, 9.17) is 21.1 Å². The van der Waals surface area contributed by atoms with Crippen LogP contribution in [0.3, 0.4) is 0 Å². The van der Waals surface area contributed by atoms with Gasteiger partial charge in [-0.25, -0.2) is 0 Å². The number of hydrogen-bond acceptors (Lipinski definition) is 4. The molecule has 2 N–H and O–H groups in total. The van der Waals surface area contributed by atoms with Gasteiger partial charge in [-0.1, -0.05) is 11.6 Å². The zero-order valence-electron chi connectivity index (χ0n) is 13.8. The molecular formula is C18H21ClN2O3. The molecular weight excluding hydrogens is 328 g/mol. The number of amides is 1. The van der Waals surface area contributed by atoms with E-state index in [2.05, 4.69) is 10.6 Å². The highest BCUT2D eigenvalue weighted by Crippen LogP contribution is 2.27. The van der Waals surface area contributed by atoms with E-state index in [9.17, 15) is 4.79 Å². The Balaban J connectivity index is 1.82. The van der Waals surface area contributed by atoms with Gasteiger partial charge in [-0.3, -0.25) is 4.79 Å². The average Bonchev–Trinajstić information content (AvgIpc) is 2.57. The monoisotopic (exact) mass is 348 g/mol. The summed E-state index contributed by atoms with van der Waals surface area (Å²) in [6.07, 6.45) is 0.322. The highest BCUT2D eigenvalue weighted by molar-refractivity contribution is 6.31. The van der Waals surface area contributed by atoms with E-state index < -0.39 is 0 Å². The van der Waals surface area contributed by atoms with Crippen molar-refractivity contribution in [2.24, 2.45) is 0 Å². The molecule has 5 nitrogen and oxygen atoms in total. The molecule has 0 saturated carbocycles. The van der Waals surface area contributed by atoms with Gasteiger partial charge < -0.3 is 20.1 Å². The highest BCUT2D eigenvalue weighted by Gasteiger charge is 2.08. The summed E-state index contributed by atoms with van der Waals surface area (Å²) in [4.78, 5) is 12.1. The lowest BCUT2D eigenvalue weighted by molar-refractivity contribution is -0.116. The summed E-state index contributed by atoms with van der Waals surface area (Å²) >= 11 is 5.95. The van der Waals surface area contributed by atoms with E-state index in [1.54, 1.807) is 25.3 Å². The summed E-state index contributed by atoms with van der Waals surface area (Å²) in [5.74, 6) is 1.29. The summed E-state index contributed by atoms with van der Waals surface area (Å²) in [5, 5.41) is 6.54. The molecule has 0 fully saturated rings. The minimum absolute atomic E-state index is 0.117. The Morgan fingerprint density at radius 2 is 1.92 bits per heavy atom. The molecule has 2 aromatic carbocycles. The lowest BCUT2D eigenvalue weighted by Crippen LogP contribution is -2.16. The third-order valence-corrected chi connectivity index (χ3v) is 3.52. The van der Waals surface area contributed by atoms with Crippen LogP contribution in [0.4, 0.5) is 11.4 Å². The van der Waals surface area contributed by atoms with Crippen LogP contribution >= 0.6 is 11.6 Å². The predicted molar refractivity (Wildman–Crippen MR) is 97.4 cm³/mol. The first-order valence-electron chi connectivity index (χ1n) is 7.72. The molecule has 0 radical (unpaired) electrons. The largest absolute Gasteiger partial charge is 0.495 e. The van der Waals surface area contributed by atoms with Gasteiger partial charge in [0.15, 0.2) is 0 Å². The predicted octanol–water partition coefficient (Wildman–Crippen LogP) is 4.19. The number of benzene rings is 2. The smallest absolute Gasteiger partial charge is 0.226 e. The number of carbonyl (C=O) groups excluding carboxylic acids is 1. The third kappa shape index (κ3) is 5.35. The zero-order valence-corrected chi connectivity index (χ0v) is 14.5. The number of methoxy groups -OCH3 is 1. The van der Waals surface area contributed by atoms with Gasteiger partial charge in [-0.15, -0.1) is 0 Å². The van der Waals surface area contributed by atoms with Crippen LogP contribution in [0.2, 0.25) is 5.02 Å². The standard InChI is InChI=1S/C18H21ClN2O3/c1-3-24-15-7-5-14(6-8-15)20-11-10-18(22)21-16-12-13(19)4-9-17(16)23-2/h4-9,12,20H,3,10-11H2,1-2H3,(H,21,22). The second kappa shape index (κ2) is 9.03. The molecule has 0 aliphatic heterocycles. The molecule has 2 aromatic rings. The quantitative estimate of drug-likeness (QED) is 0.751. The maximum atomic E-state index is 12.1. The average molecular weight is 349 g/mol. The number of rotatable bonds is 8. The molecule has 24 heavy (non-hydrogen) atoms. The van der Waals surface area contributed by atoms with Crippen molar-refractivity contribution in [3.63, 3.8) is 0 Å². The maximum Gasteiger partial charge on any atom is 0.226 e. The molecule has 0 bridgehead atoms. The first kappa shape index (κ1) is 17.9. The second-order valence-corrected chi connectivity index (χ2v) is 5.46. The van der Waals surface area contributed by atoms with Gasteiger partial charge in [-0.05, 0) is 49.4 Å². The van der Waals surface area contributed by atoms with Crippen LogP contribution in [-0.2, 0) is 4.79 Å². The fraction of sp³-hybridized carbons (Fsp3) is 0.278. The van der Waals surface area contributed by atoms with Gasteiger partial charge in [0.1, 0.15) is 11.5 Å². The van der Waals surface area contributed by atoms with Crippen LogP contribution in [0.5, 0.6) is 11.5 Å². The summed E-state index contributed by atoms with van der Waals surface area (Å²) in [6, 6.07) is 12.7. The molecule has 1 amide bonds. The molecule has 6 heteroatoms. The van der Waals surface area contributed by atoms with E-state index in [0.717, 1.165) is 11.4 Å². The molecule has 0 unspecified atom stereocenters. The van der Waals surface area contributed by atoms with Crippen molar-refractivity contribution < 1.29 is 14.3 Å². The number of halogens is 1. The highest BCUT2D eigenvalue weighted by atomic mass is 35.5. The minimum Gasteiger partial charge on any atom is -0.495 e. The van der Waals surface area contributed by atoms with Crippen LogP contribution in [0.15, 0.2) is 42.5 Å². The van der Waals surface area contributed by atoms with Crippen molar-refractivity contribution in [1.82, 2.24) is 0 Å². The van der Waals surface area contributed by atoms with Crippen molar-refractivity contribution in [3.05, 3.63) is 47.5 Å². The van der Waals surface area contributed by atoms with Gasteiger partial charge in [0.05, 0.1) is 19.4 Å². The molecule has 0 aliphatic carbocycles. The first-order valence-corrected chi connectivity index (χ1v) is 8.10. The topological polar surface area (TPSA) is 59.6 Å². The number of hydrogen-bond donors (Lipinski definition) is 2. The van der Waals surface area contributed by atoms with Crippen molar-refractivity contribution in [2.75, 3.05) is 30.9 Å². The molecule has 0 aromatic heterocycles. The summed E-state index contributed by atoms with van der Waals surface area (Å²) in [6.45, 7) is 3.10. The van der Waals surface area contributed by atoms with Gasteiger partial charge in [-0.2, -0.15) is 0 Å². The number of carbonyl (C=O) groups is 1. The number of nitrogens with one attached hydrogen (secondary N) is 2. The molecule has 0 spiro atoms. The maximum absolute atomic E-state index is 12.1. The molecule has 2 rings (SSSR count). The lowest BCUT2D eigenvalue weighted by atomic mass is 10.2. The number of ether oxygens (including phenoxy) is 2. The summed E-state index contributed by atoms with van der Waals surface area (Å²) < 4.78 is 10.6. The molecule has 0 atom stereocenters. The van der Waals surface area contributed by atoms with Gasteiger partial charge in [0.2, 0.25) is 5.91 Å². The van der Waals surface area contributed by atoms with E-state index in [1.165, 1.54) is 0 Å². The SMILES string of the molecule is CCOc1ccc(NCCC(=O)Nc2cc(Cl)ccc2OC)cc1. The van der Waals surface area contributed by atoms with Crippen molar-refractivity contribution in [2.45, 2.75) is 13.3 Å². The summed E-state index contributed by atoms with van der Waals surface area (Å²) in [5.41, 5.74) is 1.50. The van der Waals surface area contributed by atoms with Gasteiger partial charge in [0, 0.05) is 23.7 Å². The first-order chi connectivity index (χ1) is 11.6. The van der Waals surface area contributed by atoms with E-state index >= 15 is 0 Å². The van der Waals surface area contributed by atoms with Gasteiger partial charge >= 0.3 is 0 Å². The van der Waals surface area contributed by atoms with Crippen molar-refractivity contribution in [3.8, 4) is 11.5 Å². The number of anilines is 2. The Hall–Kier alpha value is -2.40. The summed E-state index contributed by atoms with van der Waals surface area (Å²) in [7, 11) is 1.55. The fourth-order valence-corrected chi connectivity index (χ4v) is 2.32. The lowest BCUT2D eigenvalue weighted by Gasteiger charge is -2.11. The van der Waals surface area contributed by atoms with Gasteiger partial charge in [0.25, 0.3) is 0 Å². The molecule has 0 saturated heterocycles. The minimum atomic E-state index is -0.117. The Labute approximate surface area is 146 Å². The van der Waals surface area contributed by atoms with Crippen LogP contribution < -0.4 is 20.1 Å². The Morgan fingerprint density at radius 3 is 2.58 bits per heavy atom. The fourth-order valence-electron chi connectivity index (χ4n) is 2.15. The van der Waals surface area contributed by atoms with Crippen molar-refractivity contribution in [1.29, 1.82) is 0 Å². The van der Waals surface area contributed by atoms with Crippen LogP contribution in [0.25, 0.3) is 0 Å². The Morgan fingerprint density at radius 1 is 1.17 bits per heavy atom. The van der Waals surface area contributed by atoms with E-state index in [1.807, 2.05) is 31.2 Å². The second-order valence-electron chi connectivity index (χ2n) is 5.03. The van der Waals surface area contributed by atoms with Crippen LogP contribution in [-0.4, -0.2) is 26.2 Å². The Bertz CT molecular complexity index is 674. The van der Waals surface area contributed by atoms with Crippen LogP contribution in [0.1, 0.15) is 13.3 Å². The zero-order chi connectivity index (χ0) is 17.4. The van der Waals surface area contributed by atoms with E-state index in [-0.39, 0.29) is 5.91 Å². The van der Waals surface area contributed by atoms with Crippen molar-refractivity contribution >= 4 is 28.9 Å². The normalized spacial score (nSPS) is 10.1. The molecule has 0 aliphatic rings. The Kier molecular flexibility index (Phi) is 6.75.